The van der Waals surface area contributed by atoms with E-state index < -0.39 is 11.4 Å². The summed E-state index contributed by atoms with van der Waals surface area (Å²) in [5.74, 6) is -0.715. The molecule has 0 heterocycles. The van der Waals surface area contributed by atoms with Crippen LogP contribution >= 0.6 is 0 Å². The Hall–Kier alpha value is -0.790. The highest BCUT2D eigenvalue weighted by atomic mass is 16.4. The lowest BCUT2D eigenvalue weighted by Crippen LogP contribution is -2.31. The third kappa shape index (κ3) is 0.846. The molecule has 0 amide bonds. The largest absolute Gasteiger partial charge is 0.481 e. The van der Waals surface area contributed by atoms with Crippen LogP contribution in [-0.2, 0) is 4.79 Å². The van der Waals surface area contributed by atoms with Gasteiger partial charge in [-0.25, -0.2) is 0 Å². The Morgan fingerprint density at radius 3 is 2.44 bits per heavy atom. The summed E-state index contributed by atoms with van der Waals surface area (Å²) in [5, 5.41) is 8.57. The summed E-state index contributed by atoms with van der Waals surface area (Å²) in [4.78, 5) is 10.4. The van der Waals surface area contributed by atoms with Crippen LogP contribution in [0.2, 0.25) is 0 Å². The molecule has 0 spiro atoms. The Morgan fingerprint density at radius 2 is 2.33 bits per heavy atom. The normalized spacial score (nSPS) is 32.9. The standard InChI is InChI=1S/C7H10O2/c1-5-3-7(2,4-5)6(8)9/h3H,4H2,1-2H3,(H,8,9). The van der Waals surface area contributed by atoms with Crippen molar-refractivity contribution < 1.29 is 9.90 Å². The summed E-state index contributed by atoms with van der Waals surface area (Å²) in [6.45, 7) is 3.69. The van der Waals surface area contributed by atoms with Gasteiger partial charge in [0.2, 0.25) is 0 Å². The van der Waals surface area contributed by atoms with Crippen LogP contribution in [0.25, 0.3) is 0 Å². The van der Waals surface area contributed by atoms with Crippen molar-refractivity contribution in [2.24, 2.45) is 5.41 Å². The maximum atomic E-state index is 10.4. The lowest BCUT2D eigenvalue weighted by atomic mass is 9.73. The number of rotatable bonds is 1. The Labute approximate surface area is 54.2 Å². The third-order valence-corrected chi connectivity index (χ3v) is 1.70. The van der Waals surface area contributed by atoms with Crippen LogP contribution in [0, 0.1) is 5.41 Å². The quantitative estimate of drug-likeness (QED) is 0.539. The molecule has 0 saturated carbocycles. The van der Waals surface area contributed by atoms with E-state index in [0.717, 1.165) is 0 Å². The molecular formula is C7H10O2. The molecule has 0 radical (unpaired) electrons. The third-order valence-electron chi connectivity index (χ3n) is 1.70. The molecule has 1 aliphatic rings. The first-order valence-electron chi connectivity index (χ1n) is 2.96. The molecule has 0 aromatic carbocycles. The molecule has 1 unspecified atom stereocenters. The molecule has 1 aliphatic carbocycles. The van der Waals surface area contributed by atoms with Gasteiger partial charge in [0.1, 0.15) is 0 Å². The van der Waals surface area contributed by atoms with Crippen molar-refractivity contribution in [3.8, 4) is 0 Å². The van der Waals surface area contributed by atoms with Crippen molar-refractivity contribution in [3.05, 3.63) is 11.6 Å². The number of carboxylic acid groups (broad SMARTS) is 1. The average molecular weight is 126 g/mol. The van der Waals surface area contributed by atoms with Gasteiger partial charge in [-0.1, -0.05) is 11.6 Å². The van der Waals surface area contributed by atoms with Gasteiger partial charge in [-0.05, 0) is 20.3 Å². The second-order valence-corrected chi connectivity index (χ2v) is 2.89. The topological polar surface area (TPSA) is 37.3 Å². The first-order valence-corrected chi connectivity index (χ1v) is 2.96. The van der Waals surface area contributed by atoms with Crippen LogP contribution in [0.5, 0.6) is 0 Å². The van der Waals surface area contributed by atoms with Crippen molar-refractivity contribution in [1.29, 1.82) is 0 Å². The molecule has 0 aliphatic heterocycles. The Kier molecular flexibility index (Phi) is 1.12. The van der Waals surface area contributed by atoms with Crippen LogP contribution in [0.15, 0.2) is 11.6 Å². The van der Waals surface area contributed by atoms with E-state index >= 15 is 0 Å². The van der Waals surface area contributed by atoms with E-state index in [1.165, 1.54) is 5.57 Å². The van der Waals surface area contributed by atoms with Gasteiger partial charge in [-0.2, -0.15) is 0 Å². The maximum absolute atomic E-state index is 10.4. The zero-order valence-corrected chi connectivity index (χ0v) is 5.64. The minimum atomic E-state index is -0.715. The van der Waals surface area contributed by atoms with Crippen molar-refractivity contribution in [1.82, 2.24) is 0 Å². The van der Waals surface area contributed by atoms with E-state index in [0.29, 0.717) is 6.42 Å². The summed E-state index contributed by atoms with van der Waals surface area (Å²) >= 11 is 0. The Balaban J connectivity index is 2.73. The van der Waals surface area contributed by atoms with Crippen molar-refractivity contribution >= 4 is 5.97 Å². The minimum Gasteiger partial charge on any atom is -0.481 e. The van der Waals surface area contributed by atoms with Crippen LogP contribution in [0.3, 0.4) is 0 Å². The number of carboxylic acids is 1. The lowest BCUT2D eigenvalue weighted by molar-refractivity contribution is -0.146. The minimum absolute atomic E-state index is 0.552. The summed E-state index contributed by atoms with van der Waals surface area (Å²) in [6.07, 6.45) is 2.51. The molecular weight excluding hydrogens is 116 g/mol. The smallest absolute Gasteiger partial charge is 0.313 e. The molecule has 1 rings (SSSR count). The summed E-state index contributed by atoms with van der Waals surface area (Å²) in [5.41, 5.74) is 0.629. The Bertz CT molecular complexity index is 181. The zero-order chi connectivity index (χ0) is 7.07. The molecule has 2 nitrogen and oxygen atoms in total. The van der Waals surface area contributed by atoms with Crippen LogP contribution < -0.4 is 0 Å². The number of hydrogen-bond acceptors (Lipinski definition) is 1. The highest BCUT2D eigenvalue weighted by molar-refractivity contribution is 5.79. The summed E-state index contributed by atoms with van der Waals surface area (Å²) in [7, 11) is 0. The van der Waals surface area contributed by atoms with Crippen LogP contribution in [0.4, 0.5) is 0 Å². The van der Waals surface area contributed by atoms with Gasteiger partial charge < -0.3 is 5.11 Å². The monoisotopic (exact) mass is 126 g/mol. The molecule has 9 heavy (non-hydrogen) atoms. The number of allylic oxidation sites excluding steroid dienone is 1. The fourth-order valence-electron chi connectivity index (χ4n) is 1.23. The first kappa shape index (κ1) is 6.33. The fourth-order valence-corrected chi connectivity index (χ4v) is 1.23. The van der Waals surface area contributed by atoms with E-state index in [1.54, 1.807) is 13.0 Å². The maximum Gasteiger partial charge on any atom is 0.313 e. The van der Waals surface area contributed by atoms with Gasteiger partial charge in [0.05, 0.1) is 5.41 Å². The molecule has 0 bridgehead atoms. The van der Waals surface area contributed by atoms with E-state index in [9.17, 15) is 4.79 Å². The molecule has 50 valence electrons. The molecule has 0 aromatic rings. The van der Waals surface area contributed by atoms with Crippen molar-refractivity contribution in [2.45, 2.75) is 20.3 Å². The molecule has 1 N–H and O–H groups in total. The van der Waals surface area contributed by atoms with Crippen LogP contribution in [0.1, 0.15) is 20.3 Å². The highest BCUT2D eigenvalue weighted by Crippen LogP contribution is 2.37. The average Bonchev–Trinajstić information content (AvgIpc) is 1.62. The first-order chi connectivity index (χ1) is 4.04. The van der Waals surface area contributed by atoms with Gasteiger partial charge >= 0.3 is 5.97 Å². The lowest BCUT2D eigenvalue weighted by Gasteiger charge is -2.30. The number of carbonyl (C=O) groups is 1. The van der Waals surface area contributed by atoms with Gasteiger partial charge in [0, 0.05) is 0 Å². The summed E-state index contributed by atoms with van der Waals surface area (Å²) in [6, 6.07) is 0. The van der Waals surface area contributed by atoms with E-state index in [1.807, 2.05) is 6.92 Å². The highest BCUT2D eigenvalue weighted by Gasteiger charge is 2.37. The molecule has 1 atom stereocenters. The fraction of sp³-hybridized carbons (Fsp3) is 0.571. The van der Waals surface area contributed by atoms with Crippen LogP contribution in [-0.4, -0.2) is 11.1 Å². The zero-order valence-electron chi connectivity index (χ0n) is 5.64. The second kappa shape index (κ2) is 1.59. The van der Waals surface area contributed by atoms with Gasteiger partial charge in [-0.3, -0.25) is 4.79 Å². The van der Waals surface area contributed by atoms with Gasteiger partial charge in [0.15, 0.2) is 0 Å². The van der Waals surface area contributed by atoms with Gasteiger partial charge in [0.25, 0.3) is 0 Å². The van der Waals surface area contributed by atoms with Gasteiger partial charge in [-0.15, -0.1) is 0 Å². The van der Waals surface area contributed by atoms with Crippen molar-refractivity contribution in [3.63, 3.8) is 0 Å². The SMILES string of the molecule is CC1=CC(C)(C(=O)O)C1. The Morgan fingerprint density at radius 1 is 1.89 bits per heavy atom. The molecule has 0 aromatic heterocycles. The number of hydrogen-bond donors (Lipinski definition) is 1. The predicted octanol–water partition coefficient (Wildman–Crippen LogP) is 1.43. The molecule has 2 heteroatoms. The second-order valence-electron chi connectivity index (χ2n) is 2.89. The predicted molar refractivity (Wildman–Crippen MR) is 34.1 cm³/mol. The van der Waals surface area contributed by atoms with E-state index in [2.05, 4.69) is 0 Å². The summed E-state index contributed by atoms with van der Waals surface area (Å²) < 4.78 is 0. The van der Waals surface area contributed by atoms with E-state index in [-0.39, 0.29) is 0 Å². The van der Waals surface area contributed by atoms with E-state index in [4.69, 9.17) is 5.11 Å². The molecule has 0 fully saturated rings. The molecule has 0 saturated heterocycles. The van der Waals surface area contributed by atoms with Crippen molar-refractivity contribution in [2.75, 3.05) is 0 Å². The number of aliphatic carboxylic acids is 1.